The Kier molecular flexibility index (Phi) is 7.71. The number of carbonyl (C=O) groups excluding carboxylic acids is 3. The zero-order valence-corrected chi connectivity index (χ0v) is 23.2. The van der Waals surface area contributed by atoms with Crippen molar-refractivity contribution in [2.24, 2.45) is 0 Å². The van der Waals surface area contributed by atoms with Gasteiger partial charge in [0, 0.05) is 52.5 Å². The van der Waals surface area contributed by atoms with E-state index in [2.05, 4.69) is 10.3 Å². The molecular weight excluding hydrogens is 638 g/mol. The van der Waals surface area contributed by atoms with Crippen LogP contribution in [0.4, 0.5) is 30.4 Å². The number of anilines is 3. The summed E-state index contributed by atoms with van der Waals surface area (Å²) < 4.78 is 42.3. The third kappa shape index (κ3) is 5.62. The van der Waals surface area contributed by atoms with Crippen LogP contribution in [0.1, 0.15) is 37.3 Å². The number of hydrogen-bond acceptors (Lipinski definition) is 5. The van der Waals surface area contributed by atoms with Crippen molar-refractivity contribution in [2.75, 3.05) is 15.5 Å². The second kappa shape index (κ2) is 11.1. The summed E-state index contributed by atoms with van der Waals surface area (Å²) in [5, 5.41) is 2.65. The molecule has 2 aromatic carbocycles. The molecule has 1 saturated heterocycles. The third-order valence-corrected chi connectivity index (χ3v) is 7.96. The van der Waals surface area contributed by atoms with Crippen molar-refractivity contribution < 1.29 is 27.6 Å². The van der Waals surface area contributed by atoms with Crippen LogP contribution < -0.4 is 20.9 Å². The summed E-state index contributed by atoms with van der Waals surface area (Å²) in [6.45, 7) is 0. The predicted octanol–water partition coefficient (Wildman–Crippen LogP) is 4.59. The summed E-state index contributed by atoms with van der Waals surface area (Å²) in [7, 11) is 0. The molecule has 0 bridgehead atoms. The van der Waals surface area contributed by atoms with E-state index in [4.69, 9.17) is 5.73 Å². The highest BCUT2D eigenvalue weighted by molar-refractivity contribution is 14.1. The molecule has 1 saturated carbocycles. The van der Waals surface area contributed by atoms with Crippen LogP contribution in [-0.4, -0.2) is 40.7 Å². The number of carbonyl (C=O) groups is 3. The molecule has 1 unspecified atom stereocenters. The van der Waals surface area contributed by atoms with Crippen molar-refractivity contribution in [2.45, 2.75) is 49.7 Å². The van der Waals surface area contributed by atoms with E-state index in [-0.39, 0.29) is 30.3 Å². The zero-order valence-electron chi connectivity index (χ0n) is 21.1. The van der Waals surface area contributed by atoms with Gasteiger partial charge in [-0.2, -0.15) is 0 Å². The van der Waals surface area contributed by atoms with Gasteiger partial charge in [-0.05, 0) is 64.9 Å². The molecule has 1 aliphatic heterocycles. The number of amides is 3. The minimum absolute atomic E-state index is 0.0424. The van der Waals surface area contributed by atoms with E-state index in [1.807, 2.05) is 22.6 Å². The molecule has 1 aliphatic carbocycles. The Morgan fingerprint density at radius 2 is 1.88 bits per heavy atom. The van der Waals surface area contributed by atoms with Crippen LogP contribution in [0.25, 0.3) is 0 Å². The van der Waals surface area contributed by atoms with Gasteiger partial charge >= 0.3 is 0 Å². The Morgan fingerprint density at radius 3 is 2.55 bits per heavy atom. The van der Waals surface area contributed by atoms with E-state index >= 15 is 0 Å². The van der Waals surface area contributed by atoms with Crippen LogP contribution in [0, 0.1) is 9.39 Å². The lowest BCUT2D eigenvalue weighted by Gasteiger charge is -2.39. The van der Waals surface area contributed by atoms with Crippen molar-refractivity contribution in [3.8, 4) is 0 Å². The predicted molar refractivity (Wildman–Crippen MR) is 151 cm³/mol. The van der Waals surface area contributed by atoms with Gasteiger partial charge in [-0.15, -0.1) is 0 Å². The fourth-order valence-electron chi connectivity index (χ4n) is 5.10. The fourth-order valence-corrected chi connectivity index (χ4v) is 5.78. The van der Waals surface area contributed by atoms with Crippen LogP contribution in [0.3, 0.4) is 0 Å². The summed E-state index contributed by atoms with van der Waals surface area (Å²) in [5.41, 5.74) is 6.73. The average Bonchev–Trinajstić information content (AvgIpc) is 3.27. The first-order valence-electron chi connectivity index (χ1n) is 12.6. The number of nitrogens with one attached hydrogen (secondary N) is 1. The molecule has 40 heavy (non-hydrogen) atoms. The Bertz CT molecular complexity index is 1460. The van der Waals surface area contributed by atoms with Gasteiger partial charge in [0.05, 0.1) is 0 Å². The van der Waals surface area contributed by atoms with Gasteiger partial charge in [-0.1, -0.05) is 24.3 Å². The monoisotopic (exact) mass is 663 g/mol. The summed E-state index contributed by atoms with van der Waals surface area (Å²) in [4.78, 5) is 47.8. The van der Waals surface area contributed by atoms with E-state index in [1.54, 1.807) is 30.3 Å². The average molecular weight is 663 g/mol. The minimum Gasteiger partial charge on any atom is -0.399 e. The molecule has 2 heterocycles. The van der Waals surface area contributed by atoms with Crippen molar-refractivity contribution in [3.63, 3.8) is 0 Å². The number of nitrogens with zero attached hydrogens (tertiary/aromatic N) is 3. The Hall–Kier alpha value is -3.68. The molecule has 1 aromatic heterocycles. The molecule has 0 radical (unpaired) electrons. The molecule has 8 nitrogen and oxygen atoms in total. The number of aromatic nitrogens is 1. The van der Waals surface area contributed by atoms with E-state index < -0.39 is 54.5 Å². The number of alkyl halides is 2. The maximum Gasteiger partial charge on any atom is 0.252 e. The summed E-state index contributed by atoms with van der Waals surface area (Å²) in [5.74, 6) is -5.05. The molecule has 3 N–H and O–H groups in total. The molecule has 208 valence electrons. The number of benzene rings is 2. The summed E-state index contributed by atoms with van der Waals surface area (Å²) in [6.07, 6.45) is 0.545. The van der Waals surface area contributed by atoms with E-state index in [0.717, 1.165) is 11.0 Å². The highest BCUT2D eigenvalue weighted by Crippen LogP contribution is 2.39. The third-order valence-electron chi connectivity index (χ3n) is 6.98. The van der Waals surface area contributed by atoms with Crippen LogP contribution in [0.2, 0.25) is 0 Å². The Balaban J connectivity index is 1.60. The van der Waals surface area contributed by atoms with Gasteiger partial charge < -0.3 is 11.1 Å². The molecule has 12 heteroatoms. The second-order valence-corrected chi connectivity index (χ2v) is 11.0. The number of hydrogen-bond donors (Lipinski definition) is 2. The highest BCUT2D eigenvalue weighted by Gasteiger charge is 2.48. The second-order valence-electron chi connectivity index (χ2n) is 9.85. The van der Waals surface area contributed by atoms with Crippen molar-refractivity contribution >= 4 is 57.5 Å². The molecule has 2 aliphatic rings. The van der Waals surface area contributed by atoms with Crippen molar-refractivity contribution in [1.29, 1.82) is 0 Å². The number of nitrogen functional groups attached to an aromatic ring is 1. The van der Waals surface area contributed by atoms with Gasteiger partial charge in [-0.25, -0.2) is 18.2 Å². The number of nitrogens with two attached hydrogens (primary N) is 1. The van der Waals surface area contributed by atoms with Gasteiger partial charge in [0.1, 0.15) is 23.7 Å². The zero-order chi connectivity index (χ0) is 28.6. The number of rotatable bonds is 7. The fraction of sp³-hybridized carbons (Fsp3) is 0.286. The lowest BCUT2D eigenvalue weighted by Crippen LogP contribution is -2.56. The highest BCUT2D eigenvalue weighted by atomic mass is 127. The minimum atomic E-state index is -2.87. The van der Waals surface area contributed by atoms with E-state index in [0.29, 0.717) is 14.8 Å². The lowest BCUT2D eigenvalue weighted by atomic mass is 9.87. The molecule has 2 fully saturated rings. The maximum atomic E-state index is 14.5. The first-order valence-corrected chi connectivity index (χ1v) is 13.7. The van der Waals surface area contributed by atoms with Crippen LogP contribution in [0.15, 0.2) is 66.9 Å². The van der Waals surface area contributed by atoms with E-state index in [1.165, 1.54) is 35.4 Å². The maximum absolute atomic E-state index is 14.5. The van der Waals surface area contributed by atoms with Gasteiger partial charge in [0.15, 0.2) is 0 Å². The molecular formula is C28H25F3IN5O3. The lowest BCUT2D eigenvalue weighted by molar-refractivity contribution is -0.133. The molecule has 3 amide bonds. The quantitative estimate of drug-likeness (QED) is 0.360. The molecule has 0 spiro atoms. The van der Waals surface area contributed by atoms with E-state index in [9.17, 15) is 27.6 Å². The van der Waals surface area contributed by atoms with Gasteiger partial charge in [-0.3, -0.25) is 24.2 Å². The van der Waals surface area contributed by atoms with Crippen LogP contribution in [-0.2, 0) is 14.4 Å². The van der Waals surface area contributed by atoms with Gasteiger partial charge in [0.2, 0.25) is 11.8 Å². The largest absolute Gasteiger partial charge is 0.399 e. The summed E-state index contributed by atoms with van der Waals surface area (Å²) in [6, 6.07) is 11.8. The molecule has 2 atom stereocenters. The number of halogens is 4. The smallest absolute Gasteiger partial charge is 0.252 e. The van der Waals surface area contributed by atoms with Gasteiger partial charge in [0.25, 0.3) is 11.8 Å². The Labute approximate surface area is 241 Å². The first kappa shape index (κ1) is 27.9. The standard InChI is InChI=1S/C28H25F3IN5O3/c29-16-4-3-5-19(12-16)36(27(40)22-8-9-24(38)37(22)23-13-17(33)10-11-34-23)25(20-6-1-2-7-21(20)32)26(39)35-18-14-28(30,31)15-18/h1-7,10-13,18,22,25H,8-9,14-15H2,(H2,33,34)(H,35,39)/t22-,25?/m0/s1. The molecule has 5 rings (SSSR count). The normalized spacial score (nSPS) is 19.1. The topological polar surface area (TPSA) is 109 Å². The van der Waals surface area contributed by atoms with Crippen molar-refractivity contribution in [1.82, 2.24) is 10.3 Å². The first-order chi connectivity index (χ1) is 19.0. The molecule has 3 aromatic rings. The summed E-state index contributed by atoms with van der Waals surface area (Å²) >= 11 is 2.02. The SMILES string of the molecule is Nc1ccnc(N2C(=O)CC[C@H]2C(=O)N(c2cccc(F)c2)C(C(=O)NC2CC(F)(F)C2)c2ccccc2I)c1. The van der Waals surface area contributed by atoms with Crippen LogP contribution >= 0.6 is 22.6 Å². The van der Waals surface area contributed by atoms with Crippen molar-refractivity contribution in [3.05, 3.63) is 81.8 Å². The Morgan fingerprint density at radius 1 is 1.12 bits per heavy atom. The van der Waals surface area contributed by atoms with Crippen LogP contribution in [0.5, 0.6) is 0 Å². The number of pyridine rings is 1.